The van der Waals surface area contributed by atoms with Crippen LogP contribution in [0.25, 0.3) is 0 Å². The highest BCUT2D eigenvalue weighted by Crippen LogP contribution is 2.02. The van der Waals surface area contributed by atoms with Crippen LogP contribution in [0.1, 0.15) is 38.5 Å². The fraction of sp³-hybridized carbons (Fsp3) is 0.625. The molecule has 0 amide bonds. The van der Waals surface area contributed by atoms with E-state index in [1.807, 2.05) is 30.3 Å². The summed E-state index contributed by atoms with van der Waals surface area (Å²) in [7, 11) is 0. The lowest BCUT2D eigenvalue weighted by molar-refractivity contribution is 0.0967. The van der Waals surface area contributed by atoms with Crippen molar-refractivity contribution < 1.29 is 9.47 Å². The number of ether oxygens (including phenoxy) is 2. The third-order valence-electron chi connectivity index (χ3n) is 2.91. The second-order valence-corrected chi connectivity index (χ2v) is 5.20. The van der Waals surface area contributed by atoms with Crippen molar-refractivity contribution in [3.63, 3.8) is 0 Å². The van der Waals surface area contributed by atoms with Crippen molar-refractivity contribution in [3.8, 4) is 0 Å². The minimum absolute atomic E-state index is 1.00. The molecule has 19 heavy (non-hydrogen) atoms. The van der Waals surface area contributed by atoms with Crippen LogP contribution in [0.4, 0.5) is 0 Å². The van der Waals surface area contributed by atoms with E-state index in [-0.39, 0.29) is 0 Å². The van der Waals surface area contributed by atoms with E-state index in [4.69, 9.17) is 9.47 Å². The second-order valence-electron chi connectivity index (χ2n) is 4.68. The van der Waals surface area contributed by atoms with Gasteiger partial charge >= 0.3 is 0 Å². The monoisotopic (exact) mass is 282 g/mol. The van der Waals surface area contributed by atoms with Crippen molar-refractivity contribution in [2.75, 3.05) is 26.4 Å². The van der Waals surface area contributed by atoms with Gasteiger partial charge in [-0.2, -0.15) is 0 Å². The van der Waals surface area contributed by atoms with Gasteiger partial charge < -0.3 is 9.47 Å². The standard InChI is InChI=1S/C6H6S.2C5H10O/c7-6-4-2-1-3-5-6;2*1-2-4-6-5-3-1/h1-5,7H;2*1-5H2. The van der Waals surface area contributed by atoms with Gasteiger partial charge in [0.2, 0.25) is 0 Å². The molecule has 0 radical (unpaired) electrons. The Labute approximate surface area is 122 Å². The highest BCUT2D eigenvalue weighted by atomic mass is 32.1. The Morgan fingerprint density at radius 2 is 1.05 bits per heavy atom. The lowest BCUT2D eigenvalue weighted by Gasteiger charge is -2.08. The molecule has 2 aliphatic rings. The predicted molar refractivity (Wildman–Crippen MR) is 83.0 cm³/mol. The fourth-order valence-electron chi connectivity index (χ4n) is 1.80. The van der Waals surface area contributed by atoms with Gasteiger partial charge in [0.1, 0.15) is 0 Å². The van der Waals surface area contributed by atoms with Gasteiger partial charge in [0.15, 0.2) is 0 Å². The molecule has 0 aromatic heterocycles. The topological polar surface area (TPSA) is 18.5 Å². The number of hydrogen-bond donors (Lipinski definition) is 1. The maximum absolute atomic E-state index is 5.07. The van der Waals surface area contributed by atoms with E-state index in [0.717, 1.165) is 31.3 Å². The van der Waals surface area contributed by atoms with Gasteiger partial charge in [-0.1, -0.05) is 18.2 Å². The lowest BCUT2D eigenvalue weighted by Crippen LogP contribution is -2.03. The van der Waals surface area contributed by atoms with E-state index in [9.17, 15) is 0 Å². The first-order valence-corrected chi connectivity index (χ1v) is 7.74. The Morgan fingerprint density at radius 3 is 1.21 bits per heavy atom. The Hall–Kier alpha value is -0.510. The van der Waals surface area contributed by atoms with E-state index in [1.165, 1.54) is 38.5 Å². The van der Waals surface area contributed by atoms with Crippen LogP contribution in [-0.4, -0.2) is 26.4 Å². The maximum Gasteiger partial charge on any atom is 0.0466 e. The van der Waals surface area contributed by atoms with Gasteiger partial charge in [-0.3, -0.25) is 0 Å². The number of benzene rings is 1. The van der Waals surface area contributed by atoms with Crippen LogP contribution in [0.15, 0.2) is 35.2 Å². The Bertz CT molecular complexity index is 247. The van der Waals surface area contributed by atoms with Gasteiger partial charge in [0.25, 0.3) is 0 Å². The Kier molecular flexibility index (Phi) is 10.9. The molecule has 0 spiro atoms. The molecule has 1 aromatic carbocycles. The van der Waals surface area contributed by atoms with Crippen LogP contribution in [0.5, 0.6) is 0 Å². The van der Waals surface area contributed by atoms with Crippen molar-refractivity contribution in [2.45, 2.75) is 43.4 Å². The highest BCUT2D eigenvalue weighted by molar-refractivity contribution is 7.80. The van der Waals surface area contributed by atoms with E-state index in [1.54, 1.807) is 0 Å². The van der Waals surface area contributed by atoms with Crippen LogP contribution in [-0.2, 0) is 9.47 Å². The molecule has 0 aliphatic carbocycles. The summed E-state index contributed by atoms with van der Waals surface area (Å²) in [5.41, 5.74) is 0. The van der Waals surface area contributed by atoms with Crippen molar-refractivity contribution in [2.24, 2.45) is 0 Å². The summed E-state index contributed by atoms with van der Waals surface area (Å²) in [5, 5.41) is 0. The van der Waals surface area contributed by atoms with Crippen LogP contribution < -0.4 is 0 Å². The summed E-state index contributed by atoms with van der Waals surface area (Å²) >= 11 is 4.08. The van der Waals surface area contributed by atoms with Gasteiger partial charge in [-0.25, -0.2) is 0 Å². The zero-order valence-electron chi connectivity index (χ0n) is 11.7. The molecule has 2 aliphatic heterocycles. The maximum atomic E-state index is 5.07. The van der Waals surface area contributed by atoms with Crippen LogP contribution in [0.3, 0.4) is 0 Å². The normalized spacial score (nSPS) is 18.4. The molecule has 2 nitrogen and oxygen atoms in total. The summed E-state index contributed by atoms with van der Waals surface area (Å²) in [6.07, 6.45) is 7.86. The highest BCUT2D eigenvalue weighted by Gasteiger charge is 1.95. The zero-order valence-corrected chi connectivity index (χ0v) is 12.6. The van der Waals surface area contributed by atoms with Crippen molar-refractivity contribution >= 4 is 12.6 Å². The van der Waals surface area contributed by atoms with Crippen molar-refractivity contribution in [1.29, 1.82) is 0 Å². The summed E-state index contributed by atoms with van der Waals surface area (Å²) < 4.78 is 10.1. The van der Waals surface area contributed by atoms with Crippen LogP contribution in [0.2, 0.25) is 0 Å². The Morgan fingerprint density at radius 1 is 0.632 bits per heavy atom. The largest absolute Gasteiger partial charge is 0.381 e. The quantitative estimate of drug-likeness (QED) is 0.713. The lowest BCUT2D eigenvalue weighted by atomic mass is 10.2. The number of thiol groups is 1. The van der Waals surface area contributed by atoms with E-state index in [2.05, 4.69) is 12.6 Å². The molecule has 108 valence electrons. The average Bonchev–Trinajstić information content (AvgIpc) is 2.53. The molecule has 0 N–H and O–H groups in total. The Balaban J connectivity index is 0.000000143. The summed E-state index contributed by atoms with van der Waals surface area (Å²) in [6, 6.07) is 9.79. The number of hydrogen-bond acceptors (Lipinski definition) is 3. The first-order valence-electron chi connectivity index (χ1n) is 7.29. The molecule has 3 rings (SSSR count). The molecule has 2 saturated heterocycles. The average molecular weight is 282 g/mol. The molecule has 0 bridgehead atoms. The van der Waals surface area contributed by atoms with Crippen molar-refractivity contribution in [1.82, 2.24) is 0 Å². The third-order valence-corrected chi connectivity index (χ3v) is 3.21. The van der Waals surface area contributed by atoms with Crippen LogP contribution in [0, 0.1) is 0 Å². The molecule has 0 atom stereocenters. The summed E-state index contributed by atoms with van der Waals surface area (Å²) in [5.74, 6) is 0. The van der Waals surface area contributed by atoms with Crippen LogP contribution >= 0.6 is 12.6 Å². The molecule has 0 unspecified atom stereocenters. The summed E-state index contributed by atoms with van der Waals surface area (Å²) in [6.45, 7) is 4.00. The van der Waals surface area contributed by atoms with E-state index in [0.29, 0.717) is 0 Å². The number of rotatable bonds is 0. The van der Waals surface area contributed by atoms with Gasteiger partial charge in [-0.15, -0.1) is 12.6 Å². The molecular weight excluding hydrogens is 256 g/mol. The van der Waals surface area contributed by atoms with Gasteiger partial charge in [0, 0.05) is 31.3 Å². The van der Waals surface area contributed by atoms with Crippen molar-refractivity contribution in [3.05, 3.63) is 30.3 Å². The second kappa shape index (κ2) is 12.5. The molecule has 3 heteroatoms. The third kappa shape index (κ3) is 11.0. The molecule has 2 heterocycles. The molecule has 0 saturated carbocycles. The molecule has 1 aromatic rings. The summed E-state index contributed by atoms with van der Waals surface area (Å²) in [4.78, 5) is 1.02. The SMILES string of the molecule is C1CCOCC1.C1CCOCC1.Sc1ccccc1. The minimum atomic E-state index is 1.00. The van der Waals surface area contributed by atoms with Gasteiger partial charge in [0.05, 0.1) is 0 Å². The van der Waals surface area contributed by atoms with E-state index < -0.39 is 0 Å². The molecular formula is C16H26O2S. The zero-order chi connectivity index (χ0) is 13.6. The van der Waals surface area contributed by atoms with Gasteiger partial charge in [-0.05, 0) is 50.7 Å². The van der Waals surface area contributed by atoms with E-state index >= 15 is 0 Å². The predicted octanol–water partition coefficient (Wildman–Crippen LogP) is 4.35. The fourth-order valence-corrected chi connectivity index (χ4v) is 1.97. The minimum Gasteiger partial charge on any atom is -0.381 e. The first kappa shape index (κ1) is 16.5. The first-order chi connectivity index (χ1) is 9.39. The molecule has 2 fully saturated rings. The smallest absolute Gasteiger partial charge is 0.0466 e.